The van der Waals surface area contributed by atoms with Crippen molar-refractivity contribution in [3.8, 4) is 23.0 Å². The third-order valence-electron chi connectivity index (χ3n) is 6.45. The molecule has 4 nitrogen and oxygen atoms in total. The number of rotatable bonds is 4. The monoisotopic (exact) mass is 451 g/mol. The molecule has 0 aliphatic heterocycles. The molecule has 0 radical (unpaired) electrons. The molecule has 0 N–H and O–H groups in total. The quantitative estimate of drug-likeness (QED) is 0.255. The lowest BCUT2D eigenvalue weighted by Crippen LogP contribution is -1.95. The lowest BCUT2D eigenvalue weighted by molar-refractivity contribution is 0.603. The Bertz CT molecular complexity index is 1840. The SMILES string of the molecule is C=C/C=C\c1oc2c(ccc3c4ccccc4n(-c4cccc(-c5cc(C#N)ccn5)c4)c32)c1C. The van der Waals surface area contributed by atoms with Gasteiger partial charge in [0, 0.05) is 39.2 Å². The van der Waals surface area contributed by atoms with Gasteiger partial charge in [-0.15, -0.1) is 0 Å². The van der Waals surface area contributed by atoms with Gasteiger partial charge < -0.3 is 8.98 Å². The van der Waals surface area contributed by atoms with Gasteiger partial charge in [0.15, 0.2) is 5.58 Å². The first-order valence-corrected chi connectivity index (χ1v) is 11.4. The van der Waals surface area contributed by atoms with Crippen molar-refractivity contribution in [1.29, 1.82) is 5.26 Å². The van der Waals surface area contributed by atoms with Gasteiger partial charge in [-0.2, -0.15) is 5.26 Å². The Hall–Kier alpha value is -4.88. The molecule has 3 aromatic carbocycles. The molecule has 0 unspecified atom stereocenters. The van der Waals surface area contributed by atoms with Crippen LogP contribution < -0.4 is 0 Å². The van der Waals surface area contributed by atoms with Crippen molar-refractivity contribution in [3.05, 3.63) is 115 Å². The van der Waals surface area contributed by atoms with Crippen molar-refractivity contribution in [1.82, 2.24) is 9.55 Å². The van der Waals surface area contributed by atoms with Gasteiger partial charge >= 0.3 is 0 Å². The summed E-state index contributed by atoms with van der Waals surface area (Å²) in [6, 6.07) is 26.7. The molecule has 0 spiro atoms. The number of furan rings is 1. The van der Waals surface area contributed by atoms with Crippen molar-refractivity contribution in [2.24, 2.45) is 0 Å². The maximum Gasteiger partial charge on any atom is 0.159 e. The number of nitrogens with zero attached hydrogens (tertiary/aromatic N) is 3. The number of fused-ring (bicyclic) bond motifs is 5. The standard InChI is InChI=1S/C31H21N3O/c1-3-4-12-29-20(2)24-13-14-26-25-10-5-6-11-28(25)34(30(26)31(24)35-29)23-9-7-8-22(18-23)27-17-21(19-32)15-16-33-27/h3-18H,1H2,2H3/b12-4-. The average molecular weight is 452 g/mol. The minimum Gasteiger partial charge on any atom is -0.454 e. The summed E-state index contributed by atoms with van der Waals surface area (Å²) in [6.07, 6.45) is 7.27. The first-order valence-electron chi connectivity index (χ1n) is 11.4. The Balaban J connectivity index is 1.68. The minimum atomic E-state index is 0.588. The van der Waals surface area contributed by atoms with Crippen molar-refractivity contribution in [2.45, 2.75) is 6.92 Å². The van der Waals surface area contributed by atoms with Crippen LogP contribution in [0.3, 0.4) is 0 Å². The van der Waals surface area contributed by atoms with Crippen LogP contribution in [-0.2, 0) is 0 Å². The van der Waals surface area contributed by atoms with E-state index in [2.05, 4.69) is 77.7 Å². The summed E-state index contributed by atoms with van der Waals surface area (Å²) >= 11 is 0. The van der Waals surface area contributed by atoms with E-state index in [1.165, 1.54) is 0 Å². The van der Waals surface area contributed by atoms with Crippen molar-refractivity contribution >= 4 is 38.9 Å². The Morgan fingerprint density at radius 1 is 0.971 bits per heavy atom. The van der Waals surface area contributed by atoms with E-state index in [4.69, 9.17) is 4.42 Å². The Labute approximate surface area is 202 Å². The topological polar surface area (TPSA) is 54.8 Å². The molecule has 0 aliphatic carbocycles. The molecule has 3 heterocycles. The zero-order valence-corrected chi connectivity index (χ0v) is 19.2. The first-order chi connectivity index (χ1) is 17.2. The predicted molar refractivity (Wildman–Crippen MR) is 142 cm³/mol. The summed E-state index contributed by atoms with van der Waals surface area (Å²) in [5.41, 5.74) is 7.39. The summed E-state index contributed by atoms with van der Waals surface area (Å²) in [6.45, 7) is 5.87. The van der Waals surface area contributed by atoms with E-state index in [-0.39, 0.29) is 0 Å². The number of benzene rings is 3. The normalized spacial score (nSPS) is 11.5. The number of aromatic nitrogens is 2. The van der Waals surface area contributed by atoms with E-state index in [9.17, 15) is 5.26 Å². The zero-order chi connectivity index (χ0) is 23.9. The minimum absolute atomic E-state index is 0.588. The average Bonchev–Trinajstić information content (AvgIpc) is 3.42. The second kappa shape index (κ2) is 8.16. The summed E-state index contributed by atoms with van der Waals surface area (Å²) in [7, 11) is 0. The van der Waals surface area contributed by atoms with Crippen LogP contribution in [0.2, 0.25) is 0 Å². The molecule has 0 saturated carbocycles. The molecule has 0 amide bonds. The molecule has 35 heavy (non-hydrogen) atoms. The first kappa shape index (κ1) is 20.7. The van der Waals surface area contributed by atoms with Crippen LogP contribution in [0.1, 0.15) is 16.9 Å². The number of nitriles is 1. The second-order valence-corrected chi connectivity index (χ2v) is 8.47. The summed E-state index contributed by atoms with van der Waals surface area (Å²) in [5.74, 6) is 0.829. The molecular weight excluding hydrogens is 430 g/mol. The number of para-hydroxylation sites is 1. The van der Waals surface area contributed by atoms with Gasteiger partial charge in [0.05, 0.1) is 28.4 Å². The second-order valence-electron chi connectivity index (χ2n) is 8.47. The largest absolute Gasteiger partial charge is 0.454 e. The van der Waals surface area contributed by atoms with Crippen LogP contribution in [0.5, 0.6) is 0 Å². The van der Waals surface area contributed by atoms with Crippen LogP contribution in [0.15, 0.2) is 102 Å². The molecule has 6 aromatic rings. The Kier molecular flexibility index (Phi) is 4.83. The smallest absolute Gasteiger partial charge is 0.159 e. The fourth-order valence-electron chi connectivity index (χ4n) is 4.79. The van der Waals surface area contributed by atoms with E-state index in [0.717, 1.165) is 61.0 Å². The maximum atomic E-state index is 9.33. The number of hydrogen-bond acceptors (Lipinski definition) is 3. The lowest BCUT2D eigenvalue weighted by Gasteiger charge is -2.10. The van der Waals surface area contributed by atoms with Gasteiger partial charge in [-0.3, -0.25) is 4.98 Å². The van der Waals surface area contributed by atoms with Crippen LogP contribution in [0.25, 0.3) is 55.8 Å². The molecule has 0 saturated heterocycles. The van der Waals surface area contributed by atoms with E-state index >= 15 is 0 Å². The van der Waals surface area contributed by atoms with E-state index in [1.54, 1.807) is 18.3 Å². The number of allylic oxidation sites excluding steroid dienone is 2. The van der Waals surface area contributed by atoms with Gasteiger partial charge in [-0.25, -0.2) is 0 Å². The van der Waals surface area contributed by atoms with Gasteiger partial charge in [0.2, 0.25) is 0 Å². The molecule has 166 valence electrons. The van der Waals surface area contributed by atoms with Crippen molar-refractivity contribution in [3.63, 3.8) is 0 Å². The fraction of sp³-hybridized carbons (Fsp3) is 0.0323. The van der Waals surface area contributed by atoms with E-state index in [0.29, 0.717) is 5.56 Å². The molecule has 6 rings (SSSR count). The summed E-state index contributed by atoms with van der Waals surface area (Å²) < 4.78 is 8.71. The van der Waals surface area contributed by atoms with Gasteiger partial charge in [-0.1, -0.05) is 61.2 Å². The Morgan fingerprint density at radius 2 is 1.83 bits per heavy atom. The van der Waals surface area contributed by atoms with Gasteiger partial charge in [0.25, 0.3) is 0 Å². The van der Waals surface area contributed by atoms with Gasteiger partial charge in [0.1, 0.15) is 5.76 Å². The van der Waals surface area contributed by atoms with E-state index in [1.807, 2.05) is 30.4 Å². The van der Waals surface area contributed by atoms with Crippen LogP contribution in [0, 0.1) is 18.3 Å². The fourth-order valence-corrected chi connectivity index (χ4v) is 4.79. The van der Waals surface area contributed by atoms with Crippen molar-refractivity contribution < 1.29 is 4.42 Å². The predicted octanol–water partition coefficient (Wildman–Crippen LogP) is 7.97. The summed E-state index contributed by atoms with van der Waals surface area (Å²) in [4.78, 5) is 4.50. The summed E-state index contributed by atoms with van der Waals surface area (Å²) in [5, 5.41) is 12.7. The van der Waals surface area contributed by atoms with Crippen LogP contribution in [0.4, 0.5) is 0 Å². The molecule has 4 heteroatoms. The van der Waals surface area contributed by atoms with Crippen LogP contribution >= 0.6 is 0 Å². The zero-order valence-electron chi connectivity index (χ0n) is 19.2. The highest BCUT2D eigenvalue weighted by molar-refractivity contribution is 6.17. The molecular formula is C31H21N3O. The maximum absolute atomic E-state index is 9.33. The molecule has 0 fully saturated rings. The Morgan fingerprint density at radius 3 is 2.69 bits per heavy atom. The lowest BCUT2D eigenvalue weighted by atomic mass is 10.1. The number of pyridine rings is 1. The highest BCUT2D eigenvalue weighted by Crippen LogP contribution is 2.39. The van der Waals surface area contributed by atoms with Crippen LogP contribution in [-0.4, -0.2) is 9.55 Å². The van der Waals surface area contributed by atoms with Crippen molar-refractivity contribution in [2.75, 3.05) is 0 Å². The highest BCUT2D eigenvalue weighted by Gasteiger charge is 2.19. The van der Waals surface area contributed by atoms with Gasteiger partial charge in [-0.05, 0) is 43.3 Å². The number of hydrogen-bond donors (Lipinski definition) is 0. The molecule has 0 atom stereocenters. The van der Waals surface area contributed by atoms with E-state index < -0.39 is 0 Å². The number of aryl methyl sites for hydroxylation is 1. The third kappa shape index (κ3) is 3.25. The molecule has 0 aliphatic rings. The highest BCUT2D eigenvalue weighted by atomic mass is 16.3. The molecule has 0 bridgehead atoms. The third-order valence-corrected chi connectivity index (χ3v) is 6.45. The molecule has 3 aromatic heterocycles.